The van der Waals surface area contributed by atoms with Crippen LogP contribution >= 0.6 is 0 Å². The highest BCUT2D eigenvalue weighted by Crippen LogP contribution is 2.15. The van der Waals surface area contributed by atoms with Crippen molar-refractivity contribution in [1.82, 2.24) is 20.4 Å². The lowest BCUT2D eigenvalue weighted by Crippen LogP contribution is -2.35. The first-order chi connectivity index (χ1) is 9.60. The van der Waals surface area contributed by atoms with Crippen molar-refractivity contribution in [3.05, 3.63) is 30.0 Å². The first-order valence-electron chi connectivity index (χ1n) is 6.49. The summed E-state index contributed by atoms with van der Waals surface area (Å²) in [6.07, 6.45) is 2.09. The van der Waals surface area contributed by atoms with E-state index in [2.05, 4.69) is 21.8 Å². The van der Waals surface area contributed by atoms with Gasteiger partial charge in [-0.15, -0.1) is 0 Å². The van der Waals surface area contributed by atoms with Crippen molar-refractivity contribution in [2.45, 2.75) is 19.9 Å². The van der Waals surface area contributed by atoms with Crippen LogP contribution in [0.5, 0.6) is 0 Å². The second-order valence-electron chi connectivity index (χ2n) is 4.63. The van der Waals surface area contributed by atoms with Crippen LogP contribution in [0.3, 0.4) is 0 Å². The number of fused-ring (bicyclic) bond motifs is 1. The van der Waals surface area contributed by atoms with Crippen molar-refractivity contribution < 1.29 is 9.59 Å². The van der Waals surface area contributed by atoms with Gasteiger partial charge in [-0.3, -0.25) is 14.3 Å². The predicted octanol–water partition coefficient (Wildman–Crippen LogP) is 0.597. The Balaban J connectivity index is 1.92. The number of rotatable bonds is 5. The number of carbonyl (C=O) groups excluding carboxylic acids is 2. The Morgan fingerprint density at radius 1 is 1.30 bits per heavy atom. The van der Waals surface area contributed by atoms with Crippen LogP contribution in [0.4, 0.5) is 0 Å². The summed E-state index contributed by atoms with van der Waals surface area (Å²) in [4.78, 5) is 22.6. The molecule has 2 N–H and O–H groups in total. The Hall–Kier alpha value is -2.37. The second-order valence-corrected chi connectivity index (χ2v) is 4.63. The van der Waals surface area contributed by atoms with Crippen LogP contribution in [-0.4, -0.2) is 35.2 Å². The Bertz CT molecular complexity index is 633. The van der Waals surface area contributed by atoms with Gasteiger partial charge in [0.25, 0.3) is 0 Å². The average molecular weight is 274 g/mol. The van der Waals surface area contributed by atoms with Crippen molar-refractivity contribution in [2.75, 3.05) is 13.6 Å². The Labute approximate surface area is 117 Å². The van der Waals surface area contributed by atoms with E-state index in [4.69, 9.17) is 0 Å². The number of hydrogen-bond acceptors (Lipinski definition) is 3. The molecule has 0 bridgehead atoms. The third kappa shape index (κ3) is 3.34. The molecule has 2 aromatic rings. The number of carbonyl (C=O) groups is 2. The van der Waals surface area contributed by atoms with Gasteiger partial charge < -0.3 is 10.6 Å². The molecule has 0 saturated carbocycles. The van der Waals surface area contributed by atoms with Crippen LogP contribution in [0.2, 0.25) is 0 Å². The van der Waals surface area contributed by atoms with E-state index < -0.39 is 0 Å². The molecule has 2 amide bonds. The van der Waals surface area contributed by atoms with E-state index in [9.17, 15) is 9.59 Å². The zero-order chi connectivity index (χ0) is 14.5. The molecule has 6 heteroatoms. The Morgan fingerprint density at radius 3 is 2.85 bits per heavy atom. The maximum atomic E-state index is 11.6. The van der Waals surface area contributed by atoms with Crippen LogP contribution in [0.15, 0.2) is 24.4 Å². The number of benzene rings is 1. The van der Waals surface area contributed by atoms with E-state index in [1.54, 1.807) is 10.9 Å². The van der Waals surface area contributed by atoms with E-state index in [0.29, 0.717) is 13.0 Å². The van der Waals surface area contributed by atoms with Crippen molar-refractivity contribution in [3.8, 4) is 0 Å². The third-order valence-electron chi connectivity index (χ3n) is 3.07. The summed E-state index contributed by atoms with van der Waals surface area (Å²) in [5.41, 5.74) is 2.19. The molecule has 0 aliphatic heterocycles. The zero-order valence-electron chi connectivity index (χ0n) is 11.6. The fourth-order valence-corrected chi connectivity index (χ4v) is 1.95. The van der Waals surface area contributed by atoms with Crippen LogP contribution in [0, 0.1) is 6.92 Å². The molecule has 0 aliphatic rings. The molecule has 20 heavy (non-hydrogen) atoms. The highest BCUT2D eigenvalue weighted by molar-refractivity contribution is 5.84. The molecule has 0 unspecified atom stereocenters. The monoisotopic (exact) mass is 274 g/mol. The van der Waals surface area contributed by atoms with Gasteiger partial charge in [0.1, 0.15) is 0 Å². The van der Waals surface area contributed by atoms with Crippen LogP contribution in [0.1, 0.15) is 12.0 Å². The fraction of sp³-hybridized carbons (Fsp3) is 0.357. The summed E-state index contributed by atoms with van der Waals surface area (Å²) in [6.45, 7) is 2.53. The molecule has 0 fully saturated rings. The number of hydrogen-bond donors (Lipinski definition) is 2. The van der Waals surface area contributed by atoms with Gasteiger partial charge in [-0.2, -0.15) is 5.10 Å². The van der Waals surface area contributed by atoms with Gasteiger partial charge in [0.05, 0.1) is 24.8 Å². The molecule has 106 valence electrons. The summed E-state index contributed by atoms with van der Waals surface area (Å²) in [5.74, 6) is -0.372. The van der Waals surface area contributed by atoms with Gasteiger partial charge in [-0.1, -0.05) is 11.6 Å². The smallest absolute Gasteiger partial charge is 0.239 e. The lowest BCUT2D eigenvalue weighted by atomic mass is 10.2. The number of aromatic nitrogens is 2. The van der Waals surface area contributed by atoms with Crippen LogP contribution in [-0.2, 0) is 16.1 Å². The van der Waals surface area contributed by atoms with Crippen molar-refractivity contribution in [2.24, 2.45) is 0 Å². The Kier molecular flexibility index (Phi) is 4.34. The van der Waals surface area contributed by atoms with Crippen LogP contribution in [0.25, 0.3) is 10.9 Å². The van der Waals surface area contributed by atoms with E-state index >= 15 is 0 Å². The standard InChI is InChI=1S/C14H18N4O2/c1-10-3-4-12-11(7-10)8-17-18(12)6-5-13(19)16-9-14(20)15-2/h3-4,7-8H,5-6,9H2,1-2H3,(H,15,20)(H,16,19). The van der Waals surface area contributed by atoms with Gasteiger partial charge in [0.2, 0.25) is 11.8 Å². The van der Waals surface area contributed by atoms with Gasteiger partial charge in [-0.25, -0.2) is 0 Å². The summed E-state index contributed by atoms with van der Waals surface area (Å²) in [5, 5.41) is 10.4. The average Bonchev–Trinajstić information content (AvgIpc) is 2.84. The molecular weight excluding hydrogens is 256 g/mol. The van der Waals surface area contributed by atoms with Gasteiger partial charge in [0, 0.05) is 18.9 Å². The van der Waals surface area contributed by atoms with Crippen molar-refractivity contribution in [3.63, 3.8) is 0 Å². The highest BCUT2D eigenvalue weighted by Gasteiger charge is 2.07. The highest BCUT2D eigenvalue weighted by atomic mass is 16.2. The number of aryl methyl sites for hydroxylation is 2. The number of nitrogens with one attached hydrogen (secondary N) is 2. The number of likely N-dealkylation sites (N-methyl/N-ethyl adjacent to an activating group) is 1. The maximum Gasteiger partial charge on any atom is 0.239 e. The zero-order valence-corrected chi connectivity index (χ0v) is 11.6. The molecule has 0 aliphatic carbocycles. The molecule has 2 rings (SSSR count). The molecular formula is C14H18N4O2. The summed E-state index contributed by atoms with van der Waals surface area (Å²) >= 11 is 0. The van der Waals surface area contributed by atoms with Crippen molar-refractivity contribution in [1.29, 1.82) is 0 Å². The topological polar surface area (TPSA) is 76.0 Å². The van der Waals surface area contributed by atoms with Crippen LogP contribution < -0.4 is 10.6 Å². The third-order valence-corrected chi connectivity index (χ3v) is 3.07. The number of nitrogens with zero attached hydrogens (tertiary/aromatic N) is 2. The minimum Gasteiger partial charge on any atom is -0.358 e. The Morgan fingerprint density at radius 2 is 2.10 bits per heavy atom. The quantitative estimate of drug-likeness (QED) is 0.838. The van der Waals surface area contributed by atoms with Crippen molar-refractivity contribution >= 4 is 22.7 Å². The maximum absolute atomic E-state index is 11.6. The predicted molar refractivity (Wildman–Crippen MR) is 76.2 cm³/mol. The lowest BCUT2D eigenvalue weighted by molar-refractivity contribution is -0.126. The molecule has 1 aromatic heterocycles. The molecule has 1 heterocycles. The fourth-order valence-electron chi connectivity index (χ4n) is 1.95. The first-order valence-corrected chi connectivity index (χ1v) is 6.49. The largest absolute Gasteiger partial charge is 0.358 e. The molecule has 6 nitrogen and oxygen atoms in total. The van der Waals surface area contributed by atoms with Gasteiger partial charge in [-0.05, 0) is 19.1 Å². The molecule has 0 saturated heterocycles. The molecule has 0 radical (unpaired) electrons. The van der Waals surface area contributed by atoms with Gasteiger partial charge >= 0.3 is 0 Å². The van der Waals surface area contributed by atoms with E-state index in [1.165, 1.54) is 12.6 Å². The molecule has 0 spiro atoms. The first kappa shape index (κ1) is 14.0. The van der Waals surface area contributed by atoms with E-state index in [-0.39, 0.29) is 18.4 Å². The van der Waals surface area contributed by atoms with Gasteiger partial charge in [0.15, 0.2) is 0 Å². The van der Waals surface area contributed by atoms with E-state index in [1.807, 2.05) is 19.1 Å². The SMILES string of the molecule is CNC(=O)CNC(=O)CCn1ncc2cc(C)ccc21. The molecule has 1 aromatic carbocycles. The lowest BCUT2D eigenvalue weighted by Gasteiger charge is -2.05. The minimum atomic E-state index is -0.210. The summed E-state index contributed by atoms with van der Waals surface area (Å²) < 4.78 is 1.80. The molecule has 0 atom stereocenters. The number of amides is 2. The summed E-state index contributed by atoms with van der Waals surface area (Å²) in [7, 11) is 1.53. The van der Waals surface area contributed by atoms with E-state index in [0.717, 1.165) is 10.9 Å². The second kappa shape index (κ2) is 6.18. The summed E-state index contributed by atoms with van der Waals surface area (Å²) in [6, 6.07) is 6.08. The normalized spacial score (nSPS) is 10.5. The minimum absolute atomic E-state index is 0.00832.